The van der Waals surface area contributed by atoms with Gasteiger partial charge in [0.05, 0.1) is 12.0 Å². The van der Waals surface area contributed by atoms with Crippen LogP contribution >= 0.6 is 0 Å². The first-order valence-electron chi connectivity index (χ1n) is 6.31. The van der Waals surface area contributed by atoms with Gasteiger partial charge in [0.15, 0.2) is 0 Å². The molecule has 0 radical (unpaired) electrons. The SMILES string of the molecule is NC1CCCN(Cc2cncn2C2CC2)C1. The van der Waals surface area contributed by atoms with Gasteiger partial charge < -0.3 is 10.3 Å². The summed E-state index contributed by atoms with van der Waals surface area (Å²) in [4.78, 5) is 6.74. The molecule has 88 valence electrons. The van der Waals surface area contributed by atoms with Crippen molar-refractivity contribution in [2.75, 3.05) is 13.1 Å². The summed E-state index contributed by atoms with van der Waals surface area (Å²) in [6.45, 7) is 3.24. The normalized spacial score (nSPS) is 27.2. The highest BCUT2D eigenvalue weighted by Crippen LogP contribution is 2.35. The topological polar surface area (TPSA) is 47.1 Å². The summed E-state index contributed by atoms with van der Waals surface area (Å²) in [5.41, 5.74) is 7.36. The van der Waals surface area contributed by atoms with Gasteiger partial charge in [-0.15, -0.1) is 0 Å². The summed E-state index contributed by atoms with van der Waals surface area (Å²) in [5.74, 6) is 0. The average Bonchev–Trinajstić information content (AvgIpc) is 3.00. The van der Waals surface area contributed by atoms with Crippen LogP contribution in [0.15, 0.2) is 12.5 Å². The minimum atomic E-state index is 0.367. The molecule has 1 saturated carbocycles. The molecule has 1 aromatic heterocycles. The fourth-order valence-corrected chi connectivity index (χ4v) is 2.60. The number of hydrogen-bond donors (Lipinski definition) is 1. The molecule has 0 spiro atoms. The van der Waals surface area contributed by atoms with Crippen LogP contribution in [0.2, 0.25) is 0 Å². The number of aromatic nitrogens is 2. The first-order valence-corrected chi connectivity index (χ1v) is 6.31. The highest BCUT2D eigenvalue weighted by molar-refractivity contribution is 5.03. The number of nitrogens with zero attached hydrogens (tertiary/aromatic N) is 3. The van der Waals surface area contributed by atoms with Gasteiger partial charge in [-0.3, -0.25) is 4.90 Å². The predicted molar refractivity (Wildman–Crippen MR) is 63.0 cm³/mol. The van der Waals surface area contributed by atoms with E-state index in [1.165, 1.54) is 37.9 Å². The van der Waals surface area contributed by atoms with Gasteiger partial charge in [0.25, 0.3) is 0 Å². The molecule has 4 heteroatoms. The summed E-state index contributed by atoms with van der Waals surface area (Å²) in [7, 11) is 0. The molecule has 0 aromatic carbocycles. The van der Waals surface area contributed by atoms with Gasteiger partial charge in [0.1, 0.15) is 0 Å². The third-order valence-corrected chi connectivity index (χ3v) is 3.61. The number of imidazole rings is 1. The summed E-state index contributed by atoms with van der Waals surface area (Å²) >= 11 is 0. The number of piperidine rings is 1. The van der Waals surface area contributed by atoms with Gasteiger partial charge in [-0.2, -0.15) is 0 Å². The summed E-state index contributed by atoms with van der Waals surface area (Å²) in [6.07, 6.45) is 9.05. The van der Waals surface area contributed by atoms with Crippen molar-refractivity contribution >= 4 is 0 Å². The van der Waals surface area contributed by atoms with E-state index in [2.05, 4.69) is 14.5 Å². The van der Waals surface area contributed by atoms with E-state index in [-0.39, 0.29) is 0 Å². The van der Waals surface area contributed by atoms with Crippen LogP contribution < -0.4 is 5.73 Å². The average molecular weight is 220 g/mol. The predicted octanol–water partition coefficient (Wildman–Crippen LogP) is 1.14. The molecule has 2 fully saturated rings. The lowest BCUT2D eigenvalue weighted by Gasteiger charge is -2.30. The lowest BCUT2D eigenvalue weighted by Crippen LogP contribution is -2.42. The summed E-state index contributed by atoms with van der Waals surface area (Å²) in [5, 5.41) is 0. The van der Waals surface area contributed by atoms with E-state index in [1.807, 2.05) is 12.5 Å². The van der Waals surface area contributed by atoms with Crippen molar-refractivity contribution in [2.24, 2.45) is 5.73 Å². The largest absolute Gasteiger partial charge is 0.330 e. The van der Waals surface area contributed by atoms with E-state index >= 15 is 0 Å². The molecule has 2 heterocycles. The Kier molecular flexibility index (Phi) is 2.69. The molecule has 16 heavy (non-hydrogen) atoms. The van der Waals surface area contributed by atoms with E-state index in [1.54, 1.807) is 0 Å². The quantitative estimate of drug-likeness (QED) is 0.831. The first kappa shape index (κ1) is 10.3. The van der Waals surface area contributed by atoms with E-state index in [4.69, 9.17) is 5.73 Å². The molecule has 0 amide bonds. The highest BCUT2D eigenvalue weighted by Gasteiger charge is 2.26. The van der Waals surface area contributed by atoms with Gasteiger partial charge >= 0.3 is 0 Å². The Balaban J connectivity index is 1.66. The van der Waals surface area contributed by atoms with Gasteiger partial charge in [-0.25, -0.2) is 4.98 Å². The first-order chi connectivity index (χ1) is 7.83. The molecular formula is C12H20N4. The Hall–Kier alpha value is -0.870. The number of hydrogen-bond acceptors (Lipinski definition) is 3. The van der Waals surface area contributed by atoms with Crippen LogP contribution in [-0.2, 0) is 6.54 Å². The lowest BCUT2D eigenvalue weighted by atomic mass is 10.1. The Labute approximate surface area is 96.4 Å². The monoisotopic (exact) mass is 220 g/mol. The molecule has 2 N–H and O–H groups in total. The van der Waals surface area contributed by atoms with Gasteiger partial charge in [-0.1, -0.05) is 0 Å². The van der Waals surface area contributed by atoms with Crippen molar-refractivity contribution in [2.45, 2.75) is 44.3 Å². The van der Waals surface area contributed by atoms with E-state index < -0.39 is 0 Å². The van der Waals surface area contributed by atoms with E-state index in [9.17, 15) is 0 Å². The molecule has 0 bridgehead atoms. The third kappa shape index (κ3) is 2.13. The molecule has 1 aliphatic heterocycles. The van der Waals surface area contributed by atoms with E-state index in [0.29, 0.717) is 6.04 Å². The zero-order valence-corrected chi connectivity index (χ0v) is 9.68. The zero-order valence-electron chi connectivity index (χ0n) is 9.68. The van der Waals surface area contributed by atoms with E-state index in [0.717, 1.165) is 19.1 Å². The molecule has 1 saturated heterocycles. The maximum Gasteiger partial charge on any atom is 0.0951 e. The summed E-state index contributed by atoms with van der Waals surface area (Å²) in [6, 6.07) is 1.10. The zero-order chi connectivity index (χ0) is 11.0. The Morgan fingerprint density at radius 1 is 1.38 bits per heavy atom. The number of likely N-dealkylation sites (tertiary alicyclic amines) is 1. The molecule has 2 aliphatic rings. The van der Waals surface area contributed by atoms with Gasteiger partial charge in [-0.05, 0) is 32.2 Å². The fraction of sp³-hybridized carbons (Fsp3) is 0.750. The van der Waals surface area contributed by atoms with Crippen molar-refractivity contribution in [3.05, 3.63) is 18.2 Å². The number of nitrogens with two attached hydrogens (primary N) is 1. The second-order valence-corrected chi connectivity index (χ2v) is 5.16. The molecule has 1 aliphatic carbocycles. The second-order valence-electron chi connectivity index (χ2n) is 5.16. The molecule has 3 rings (SSSR count). The third-order valence-electron chi connectivity index (χ3n) is 3.61. The Morgan fingerprint density at radius 3 is 3.00 bits per heavy atom. The Morgan fingerprint density at radius 2 is 2.25 bits per heavy atom. The van der Waals surface area contributed by atoms with Crippen LogP contribution in [0.3, 0.4) is 0 Å². The maximum atomic E-state index is 6.00. The van der Waals surface area contributed by atoms with Crippen LogP contribution in [0.5, 0.6) is 0 Å². The fourth-order valence-electron chi connectivity index (χ4n) is 2.60. The molecule has 1 unspecified atom stereocenters. The summed E-state index contributed by atoms with van der Waals surface area (Å²) < 4.78 is 2.35. The molecule has 1 atom stereocenters. The van der Waals surface area contributed by atoms with Crippen molar-refractivity contribution in [1.29, 1.82) is 0 Å². The van der Waals surface area contributed by atoms with Crippen molar-refractivity contribution in [3.63, 3.8) is 0 Å². The number of rotatable bonds is 3. The van der Waals surface area contributed by atoms with Crippen LogP contribution in [-0.4, -0.2) is 33.6 Å². The van der Waals surface area contributed by atoms with Crippen LogP contribution in [0.1, 0.15) is 37.4 Å². The lowest BCUT2D eigenvalue weighted by molar-refractivity contribution is 0.197. The second kappa shape index (κ2) is 4.18. The van der Waals surface area contributed by atoms with Crippen LogP contribution in [0.4, 0.5) is 0 Å². The van der Waals surface area contributed by atoms with Gasteiger partial charge in [0.2, 0.25) is 0 Å². The van der Waals surface area contributed by atoms with Crippen LogP contribution in [0, 0.1) is 0 Å². The standard InChI is InChI=1S/C12H20N4/c13-10-2-1-5-15(7-10)8-12-6-14-9-16(12)11-3-4-11/h6,9-11H,1-5,7-8,13H2. The molecule has 4 nitrogen and oxygen atoms in total. The minimum absolute atomic E-state index is 0.367. The van der Waals surface area contributed by atoms with Crippen LogP contribution in [0.25, 0.3) is 0 Å². The van der Waals surface area contributed by atoms with Crippen molar-refractivity contribution in [1.82, 2.24) is 14.5 Å². The van der Waals surface area contributed by atoms with Gasteiger partial charge in [0, 0.05) is 31.4 Å². The van der Waals surface area contributed by atoms with Crippen molar-refractivity contribution < 1.29 is 0 Å². The minimum Gasteiger partial charge on any atom is -0.330 e. The maximum absolute atomic E-state index is 6.00. The Bertz CT molecular complexity index is 356. The van der Waals surface area contributed by atoms with Crippen molar-refractivity contribution in [3.8, 4) is 0 Å². The molecular weight excluding hydrogens is 200 g/mol. The highest BCUT2D eigenvalue weighted by atomic mass is 15.2. The smallest absolute Gasteiger partial charge is 0.0951 e. The molecule has 1 aromatic rings.